The van der Waals surface area contributed by atoms with Crippen LogP contribution in [0.4, 0.5) is 5.69 Å². The van der Waals surface area contributed by atoms with Crippen LogP contribution in [0.5, 0.6) is 0 Å². The molecule has 0 radical (unpaired) electrons. The minimum absolute atomic E-state index is 0.176. The molecule has 2 fully saturated rings. The number of amides is 1. The number of morpholine rings is 1. The molecule has 1 amide bonds. The van der Waals surface area contributed by atoms with E-state index in [2.05, 4.69) is 14.9 Å². The number of hydrogen-bond acceptors (Lipinski definition) is 7. The number of sulfonamides is 1. The van der Waals surface area contributed by atoms with Crippen LogP contribution in [0, 0.1) is 5.92 Å². The minimum atomic E-state index is -3.61. The Morgan fingerprint density at radius 1 is 1.13 bits per heavy atom. The summed E-state index contributed by atoms with van der Waals surface area (Å²) in [4.78, 5) is 15.1. The molecule has 168 valence electrons. The third kappa shape index (κ3) is 5.64. The van der Waals surface area contributed by atoms with E-state index < -0.39 is 10.0 Å². The molecule has 8 nitrogen and oxygen atoms in total. The van der Waals surface area contributed by atoms with Gasteiger partial charge in [0.2, 0.25) is 0 Å². The zero-order valence-corrected chi connectivity index (χ0v) is 18.8. The van der Waals surface area contributed by atoms with Crippen molar-refractivity contribution in [2.24, 2.45) is 5.92 Å². The van der Waals surface area contributed by atoms with Gasteiger partial charge in [-0.1, -0.05) is 6.07 Å². The Balaban J connectivity index is 1.36. The molecule has 2 aromatic rings. The maximum Gasteiger partial charge on any atom is 0.271 e. The summed E-state index contributed by atoms with van der Waals surface area (Å²) in [7, 11) is -3.61. The van der Waals surface area contributed by atoms with Crippen LogP contribution in [0.3, 0.4) is 0 Å². The van der Waals surface area contributed by atoms with E-state index in [4.69, 9.17) is 9.47 Å². The number of carbonyl (C=O) groups excluding carboxylic acids is 1. The fraction of sp³-hybridized carbons (Fsp3) is 0.476. The molecule has 2 unspecified atom stereocenters. The molecule has 31 heavy (non-hydrogen) atoms. The average Bonchev–Trinajstić information content (AvgIpc) is 3.50. The summed E-state index contributed by atoms with van der Waals surface area (Å²) in [6.45, 7) is 5.16. The van der Waals surface area contributed by atoms with Gasteiger partial charge in [-0.2, -0.15) is 0 Å². The molecule has 1 aromatic carbocycles. The second-order valence-corrected chi connectivity index (χ2v) is 10.5. The van der Waals surface area contributed by atoms with Crippen LogP contribution in [-0.4, -0.2) is 71.3 Å². The summed E-state index contributed by atoms with van der Waals surface area (Å²) in [6, 6.07) is 9.92. The number of rotatable bonds is 8. The Morgan fingerprint density at radius 3 is 2.55 bits per heavy atom. The first-order valence-corrected chi connectivity index (χ1v) is 12.7. The molecular formula is C21H27N3O5S2. The third-order valence-corrected chi connectivity index (χ3v) is 8.43. The Kier molecular flexibility index (Phi) is 7.24. The lowest BCUT2D eigenvalue weighted by Crippen LogP contribution is -2.52. The molecule has 2 atom stereocenters. The predicted molar refractivity (Wildman–Crippen MR) is 119 cm³/mol. The second-order valence-electron chi connectivity index (χ2n) is 7.66. The molecule has 0 aliphatic carbocycles. The monoisotopic (exact) mass is 465 g/mol. The molecule has 2 N–H and O–H groups in total. The second kappa shape index (κ2) is 10.1. The van der Waals surface area contributed by atoms with Crippen molar-refractivity contribution in [2.75, 3.05) is 50.8 Å². The largest absolute Gasteiger partial charge is 0.381 e. The molecule has 2 saturated heterocycles. The lowest BCUT2D eigenvalue weighted by atomic mass is 9.96. The highest BCUT2D eigenvalue weighted by atomic mass is 32.2. The zero-order chi connectivity index (χ0) is 21.7. The van der Waals surface area contributed by atoms with Gasteiger partial charge in [0.25, 0.3) is 15.9 Å². The molecule has 3 heterocycles. The molecule has 4 rings (SSSR count). The smallest absolute Gasteiger partial charge is 0.271 e. The highest BCUT2D eigenvalue weighted by Crippen LogP contribution is 2.23. The van der Waals surface area contributed by atoms with Crippen LogP contribution in [0.2, 0.25) is 0 Å². The van der Waals surface area contributed by atoms with Gasteiger partial charge in [0.15, 0.2) is 0 Å². The number of nitrogens with zero attached hydrogens (tertiary/aromatic N) is 1. The summed E-state index contributed by atoms with van der Waals surface area (Å²) in [5, 5.41) is 4.76. The predicted octanol–water partition coefficient (Wildman–Crippen LogP) is 2.02. The first-order chi connectivity index (χ1) is 15.0. The molecule has 2 aliphatic rings. The highest BCUT2D eigenvalue weighted by molar-refractivity contribution is 7.94. The van der Waals surface area contributed by atoms with Gasteiger partial charge in [0, 0.05) is 49.5 Å². The summed E-state index contributed by atoms with van der Waals surface area (Å²) >= 11 is 1.15. The van der Waals surface area contributed by atoms with Crippen molar-refractivity contribution in [3.63, 3.8) is 0 Å². The fourth-order valence-electron chi connectivity index (χ4n) is 3.97. The van der Waals surface area contributed by atoms with Gasteiger partial charge in [-0.15, -0.1) is 11.3 Å². The molecule has 10 heteroatoms. The quantitative estimate of drug-likeness (QED) is 0.619. The van der Waals surface area contributed by atoms with Crippen molar-refractivity contribution in [2.45, 2.75) is 16.7 Å². The van der Waals surface area contributed by atoms with E-state index in [9.17, 15) is 13.2 Å². The van der Waals surface area contributed by atoms with E-state index in [0.717, 1.165) is 44.1 Å². The Labute approximate surface area is 186 Å². The van der Waals surface area contributed by atoms with Gasteiger partial charge in [-0.25, -0.2) is 8.42 Å². The van der Waals surface area contributed by atoms with Gasteiger partial charge in [0.1, 0.15) is 4.21 Å². The lowest BCUT2D eigenvalue weighted by Gasteiger charge is -2.37. The number of anilines is 1. The van der Waals surface area contributed by atoms with Gasteiger partial charge in [-0.05, 0) is 42.1 Å². The van der Waals surface area contributed by atoms with E-state index in [1.54, 1.807) is 41.8 Å². The van der Waals surface area contributed by atoms with Crippen LogP contribution in [0.15, 0.2) is 46.0 Å². The molecular weight excluding hydrogens is 438 g/mol. The van der Waals surface area contributed by atoms with Crippen molar-refractivity contribution in [1.82, 2.24) is 10.2 Å². The number of hydrogen-bond donors (Lipinski definition) is 2. The van der Waals surface area contributed by atoms with E-state index in [-0.39, 0.29) is 16.2 Å². The van der Waals surface area contributed by atoms with Gasteiger partial charge in [-0.3, -0.25) is 14.4 Å². The van der Waals surface area contributed by atoms with Crippen molar-refractivity contribution in [3.8, 4) is 0 Å². The Bertz CT molecular complexity index is 951. The van der Waals surface area contributed by atoms with Crippen molar-refractivity contribution >= 4 is 33.0 Å². The number of benzene rings is 1. The van der Waals surface area contributed by atoms with Crippen molar-refractivity contribution in [3.05, 3.63) is 47.3 Å². The van der Waals surface area contributed by atoms with Gasteiger partial charge in [0.05, 0.1) is 19.8 Å². The van der Waals surface area contributed by atoms with E-state index in [1.807, 2.05) is 0 Å². The summed E-state index contributed by atoms with van der Waals surface area (Å²) in [6.07, 6.45) is 0.997. The average molecular weight is 466 g/mol. The number of thiophene rings is 1. The normalized spacial score (nSPS) is 21.0. The molecule has 0 saturated carbocycles. The summed E-state index contributed by atoms with van der Waals surface area (Å²) < 4.78 is 38.5. The van der Waals surface area contributed by atoms with E-state index in [1.165, 1.54) is 0 Å². The SMILES string of the molecule is O=C(NCC(C1CCOC1)N1CCOCC1)c1ccc(NS(=O)(=O)c2cccs2)cc1. The van der Waals surface area contributed by atoms with Crippen LogP contribution in [-0.2, 0) is 19.5 Å². The fourth-order valence-corrected chi connectivity index (χ4v) is 6.02. The topological polar surface area (TPSA) is 97.0 Å². The van der Waals surface area contributed by atoms with Crippen LogP contribution in [0.1, 0.15) is 16.8 Å². The van der Waals surface area contributed by atoms with Crippen LogP contribution < -0.4 is 10.0 Å². The Morgan fingerprint density at radius 2 is 1.90 bits per heavy atom. The Hall–Kier alpha value is -1.98. The van der Waals surface area contributed by atoms with E-state index >= 15 is 0 Å². The minimum Gasteiger partial charge on any atom is -0.381 e. The number of ether oxygens (including phenoxy) is 2. The van der Waals surface area contributed by atoms with Gasteiger partial charge >= 0.3 is 0 Å². The van der Waals surface area contributed by atoms with E-state index in [0.29, 0.717) is 36.9 Å². The molecule has 0 spiro atoms. The lowest BCUT2D eigenvalue weighted by molar-refractivity contribution is 0.00166. The maximum absolute atomic E-state index is 12.7. The van der Waals surface area contributed by atoms with Crippen molar-refractivity contribution in [1.29, 1.82) is 0 Å². The number of nitrogens with one attached hydrogen (secondary N) is 2. The first-order valence-electron chi connectivity index (χ1n) is 10.4. The van der Waals surface area contributed by atoms with Gasteiger partial charge < -0.3 is 14.8 Å². The zero-order valence-electron chi connectivity index (χ0n) is 17.2. The van der Waals surface area contributed by atoms with Crippen LogP contribution in [0.25, 0.3) is 0 Å². The number of carbonyl (C=O) groups is 1. The highest BCUT2D eigenvalue weighted by Gasteiger charge is 2.31. The molecule has 2 aliphatic heterocycles. The first kappa shape index (κ1) is 22.2. The maximum atomic E-state index is 12.7. The third-order valence-electron chi connectivity index (χ3n) is 5.65. The summed E-state index contributed by atoms with van der Waals surface area (Å²) in [5.74, 6) is 0.220. The summed E-state index contributed by atoms with van der Waals surface area (Å²) in [5.41, 5.74) is 0.904. The molecule has 1 aromatic heterocycles. The van der Waals surface area contributed by atoms with Crippen molar-refractivity contribution < 1.29 is 22.7 Å². The van der Waals surface area contributed by atoms with Crippen LogP contribution >= 0.6 is 11.3 Å². The standard InChI is InChI=1S/C21H27N3O5S2/c25-21(22-14-19(17-7-10-29-15-17)24-8-11-28-12-9-24)16-3-5-18(6-4-16)23-31(26,27)20-2-1-13-30-20/h1-6,13,17,19,23H,7-12,14-15H2,(H,22,25). The molecule has 0 bridgehead atoms.